The van der Waals surface area contributed by atoms with Crippen LogP contribution in [0.2, 0.25) is 0 Å². The molecule has 0 aliphatic carbocycles. The molecule has 1 aromatic heterocycles. The molecular formula is C10H12ClN3O. The molecule has 0 amide bonds. The molecule has 80 valence electrons. The molecule has 0 aliphatic heterocycles. The van der Waals surface area contributed by atoms with Crippen molar-refractivity contribution in [2.45, 2.75) is 6.54 Å². The number of para-hydroxylation sites is 1. The third-order valence-corrected chi connectivity index (χ3v) is 2.10. The quantitative estimate of drug-likeness (QED) is 0.822. The molecule has 2 aromatic rings. The number of hydrogen-bond acceptors (Lipinski definition) is 3. The van der Waals surface area contributed by atoms with E-state index in [-0.39, 0.29) is 18.0 Å². The molecule has 0 bridgehead atoms. The van der Waals surface area contributed by atoms with Crippen LogP contribution in [0.4, 0.5) is 0 Å². The van der Waals surface area contributed by atoms with Crippen LogP contribution in [0.3, 0.4) is 0 Å². The van der Waals surface area contributed by atoms with Crippen LogP contribution in [0, 0.1) is 0 Å². The fraction of sp³-hybridized carbons (Fsp3) is 0.200. The van der Waals surface area contributed by atoms with Crippen LogP contribution in [0.15, 0.2) is 35.4 Å². The molecule has 15 heavy (non-hydrogen) atoms. The predicted molar refractivity (Wildman–Crippen MR) is 62.3 cm³/mol. The summed E-state index contributed by atoms with van der Waals surface area (Å²) in [6.45, 7) is 0.955. The lowest BCUT2D eigenvalue weighted by Gasteiger charge is -2.03. The fourth-order valence-corrected chi connectivity index (χ4v) is 1.40. The van der Waals surface area contributed by atoms with Gasteiger partial charge in [0.05, 0.1) is 17.2 Å². The monoisotopic (exact) mass is 225 g/mol. The molecule has 0 saturated heterocycles. The van der Waals surface area contributed by atoms with Crippen LogP contribution in [0.5, 0.6) is 0 Å². The van der Waals surface area contributed by atoms with Gasteiger partial charge in [0.15, 0.2) is 0 Å². The molecule has 0 radical (unpaired) electrons. The Morgan fingerprint density at radius 2 is 2.07 bits per heavy atom. The average molecular weight is 226 g/mol. The summed E-state index contributed by atoms with van der Waals surface area (Å²) in [5.74, 6) is 0. The van der Waals surface area contributed by atoms with Crippen LogP contribution in [-0.4, -0.2) is 16.1 Å². The van der Waals surface area contributed by atoms with Gasteiger partial charge in [-0.3, -0.25) is 9.36 Å². The SMILES string of the molecule is Cl.NCCn1cnc2ccccc2c1=O. The molecule has 2 N–H and O–H groups in total. The van der Waals surface area contributed by atoms with Crippen molar-refractivity contribution < 1.29 is 0 Å². The normalized spacial score (nSPS) is 9.93. The van der Waals surface area contributed by atoms with Crippen LogP contribution >= 0.6 is 12.4 Å². The van der Waals surface area contributed by atoms with Crippen molar-refractivity contribution in [2.24, 2.45) is 5.73 Å². The van der Waals surface area contributed by atoms with Crippen molar-refractivity contribution in [3.63, 3.8) is 0 Å². The number of benzene rings is 1. The van der Waals surface area contributed by atoms with Crippen LogP contribution in [-0.2, 0) is 6.54 Å². The number of hydrogen-bond donors (Lipinski definition) is 1. The number of nitrogens with zero attached hydrogens (tertiary/aromatic N) is 2. The Morgan fingerprint density at radius 3 is 2.80 bits per heavy atom. The molecule has 4 nitrogen and oxygen atoms in total. The van der Waals surface area contributed by atoms with E-state index in [0.29, 0.717) is 18.5 Å². The molecular weight excluding hydrogens is 214 g/mol. The summed E-state index contributed by atoms with van der Waals surface area (Å²) in [5.41, 5.74) is 6.09. The summed E-state index contributed by atoms with van der Waals surface area (Å²) in [7, 11) is 0. The van der Waals surface area contributed by atoms with Crippen molar-refractivity contribution in [3.05, 3.63) is 40.9 Å². The van der Waals surface area contributed by atoms with Crippen LogP contribution in [0.1, 0.15) is 0 Å². The summed E-state index contributed by atoms with van der Waals surface area (Å²) in [6, 6.07) is 7.29. The van der Waals surface area contributed by atoms with E-state index in [1.165, 1.54) is 10.9 Å². The number of halogens is 1. The van der Waals surface area contributed by atoms with Crippen molar-refractivity contribution >= 4 is 23.3 Å². The van der Waals surface area contributed by atoms with Gasteiger partial charge in [-0.25, -0.2) is 4.98 Å². The second-order valence-electron chi connectivity index (χ2n) is 3.05. The third kappa shape index (κ3) is 2.16. The third-order valence-electron chi connectivity index (χ3n) is 2.10. The van der Waals surface area contributed by atoms with E-state index in [1.807, 2.05) is 18.2 Å². The van der Waals surface area contributed by atoms with Gasteiger partial charge in [-0.2, -0.15) is 0 Å². The zero-order chi connectivity index (χ0) is 9.97. The smallest absolute Gasteiger partial charge is 0.261 e. The highest BCUT2D eigenvalue weighted by molar-refractivity contribution is 5.85. The first kappa shape index (κ1) is 11.7. The van der Waals surface area contributed by atoms with Gasteiger partial charge in [-0.05, 0) is 12.1 Å². The zero-order valence-corrected chi connectivity index (χ0v) is 8.91. The lowest BCUT2D eigenvalue weighted by atomic mass is 10.2. The Kier molecular flexibility index (Phi) is 3.82. The standard InChI is InChI=1S/C10H11N3O.ClH/c11-5-6-13-7-12-9-4-2-1-3-8(9)10(13)14;/h1-4,7H,5-6,11H2;1H. The van der Waals surface area contributed by atoms with E-state index in [0.717, 1.165) is 5.52 Å². The molecule has 0 atom stereocenters. The average Bonchev–Trinajstić information content (AvgIpc) is 2.23. The first-order chi connectivity index (χ1) is 6.83. The molecule has 2 rings (SSSR count). The molecule has 1 heterocycles. The topological polar surface area (TPSA) is 60.9 Å². The van der Waals surface area contributed by atoms with E-state index in [1.54, 1.807) is 6.07 Å². The maximum absolute atomic E-state index is 11.8. The summed E-state index contributed by atoms with van der Waals surface area (Å²) in [5, 5.41) is 0.642. The summed E-state index contributed by atoms with van der Waals surface area (Å²) in [6.07, 6.45) is 1.54. The highest BCUT2D eigenvalue weighted by atomic mass is 35.5. The maximum Gasteiger partial charge on any atom is 0.261 e. The molecule has 0 saturated carbocycles. The van der Waals surface area contributed by atoms with Gasteiger partial charge in [-0.1, -0.05) is 12.1 Å². The molecule has 0 fully saturated rings. The highest BCUT2D eigenvalue weighted by Gasteiger charge is 2.01. The summed E-state index contributed by atoms with van der Waals surface area (Å²) >= 11 is 0. The van der Waals surface area contributed by atoms with Gasteiger partial charge in [-0.15, -0.1) is 12.4 Å². The van der Waals surface area contributed by atoms with Gasteiger partial charge in [0.25, 0.3) is 5.56 Å². The lowest BCUT2D eigenvalue weighted by Crippen LogP contribution is -2.24. The molecule has 5 heteroatoms. The van der Waals surface area contributed by atoms with E-state index in [9.17, 15) is 4.79 Å². The predicted octanol–water partition coefficient (Wildman–Crippen LogP) is 0.777. The minimum Gasteiger partial charge on any atom is -0.329 e. The number of nitrogens with two attached hydrogens (primary N) is 1. The second-order valence-corrected chi connectivity index (χ2v) is 3.05. The van der Waals surface area contributed by atoms with E-state index >= 15 is 0 Å². The van der Waals surface area contributed by atoms with E-state index in [4.69, 9.17) is 5.73 Å². The van der Waals surface area contributed by atoms with Crippen molar-refractivity contribution in [1.82, 2.24) is 9.55 Å². The van der Waals surface area contributed by atoms with Gasteiger partial charge in [0.2, 0.25) is 0 Å². The Hall–Kier alpha value is -1.39. The Labute approximate surface area is 93.1 Å². The van der Waals surface area contributed by atoms with Gasteiger partial charge in [0, 0.05) is 13.1 Å². The summed E-state index contributed by atoms with van der Waals surface area (Å²) in [4.78, 5) is 16.0. The first-order valence-corrected chi connectivity index (χ1v) is 4.47. The highest BCUT2D eigenvalue weighted by Crippen LogP contribution is 2.03. The zero-order valence-electron chi connectivity index (χ0n) is 8.09. The Morgan fingerprint density at radius 1 is 1.33 bits per heavy atom. The number of fused-ring (bicyclic) bond motifs is 1. The fourth-order valence-electron chi connectivity index (χ4n) is 1.40. The van der Waals surface area contributed by atoms with Crippen LogP contribution < -0.4 is 11.3 Å². The van der Waals surface area contributed by atoms with E-state index < -0.39 is 0 Å². The maximum atomic E-state index is 11.8. The van der Waals surface area contributed by atoms with E-state index in [2.05, 4.69) is 4.98 Å². The molecule has 0 unspecified atom stereocenters. The number of aromatic nitrogens is 2. The Bertz CT molecular complexity index is 509. The largest absolute Gasteiger partial charge is 0.329 e. The molecule has 0 spiro atoms. The minimum absolute atomic E-state index is 0. The lowest BCUT2D eigenvalue weighted by molar-refractivity contribution is 0.673. The van der Waals surface area contributed by atoms with Gasteiger partial charge < -0.3 is 5.73 Å². The van der Waals surface area contributed by atoms with Gasteiger partial charge in [0.1, 0.15) is 0 Å². The first-order valence-electron chi connectivity index (χ1n) is 4.47. The van der Waals surface area contributed by atoms with Gasteiger partial charge >= 0.3 is 0 Å². The second kappa shape index (κ2) is 4.91. The molecule has 0 aliphatic rings. The Balaban J connectivity index is 0.00000112. The van der Waals surface area contributed by atoms with Crippen molar-refractivity contribution in [3.8, 4) is 0 Å². The van der Waals surface area contributed by atoms with Crippen LogP contribution in [0.25, 0.3) is 10.9 Å². The summed E-state index contributed by atoms with van der Waals surface area (Å²) < 4.78 is 1.53. The number of rotatable bonds is 2. The van der Waals surface area contributed by atoms with Crippen molar-refractivity contribution in [2.75, 3.05) is 6.54 Å². The minimum atomic E-state index is -0.0268. The van der Waals surface area contributed by atoms with Crippen molar-refractivity contribution in [1.29, 1.82) is 0 Å². The molecule has 1 aromatic carbocycles.